The van der Waals surface area contributed by atoms with Gasteiger partial charge in [0.25, 0.3) is 0 Å². The van der Waals surface area contributed by atoms with E-state index in [4.69, 9.17) is 9.47 Å². The number of benzene rings is 2. The summed E-state index contributed by atoms with van der Waals surface area (Å²) in [5.74, 6) is 0. The first-order valence-electron chi connectivity index (χ1n) is 7.26. The monoisotopic (exact) mass is 280 g/mol. The average molecular weight is 280 g/mol. The molecule has 0 saturated carbocycles. The Balaban J connectivity index is 1.92. The van der Waals surface area contributed by atoms with Gasteiger partial charge in [0.05, 0.1) is 13.2 Å². The standard InChI is InChI=1S/C19H20O2/c1-15(16-9-5-3-6-10-16)19(2,21-14-18-13-20-18)17-11-7-4-8-12-17/h3-12,18H,1,13-14H2,2H3. The van der Waals surface area contributed by atoms with Crippen molar-refractivity contribution in [1.82, 2.24) is 0 Å². The molecule has 1 fully saturated rings. The molecule has 2 aromatic carbocycles. The van der Waals surface area contributed by atoms with Crippen molar-refractivity contribution in [3.8, 4) is 0 Å². The summed E-state index contributed by atoms with van der Waals surface area (Å²) in [4.78, 5) is 0. The maximum absolute atomic E-state index is 6.23. The van der Waals surface area contributed by atoms with Crippen LogP contribution in [0.25, 0.3) is 5.57 Å². The van der Waals surface area contributed by atoms with Gasteiger partial charge in [-0.1, -0.05) is 67.2 Å². The highest BCUT2D eigenvalue weighted by Crippen LogP contribution is 2.38. The summed E-state index contributed by atoms with van der Waals surface area (Å²) in [5, 5.41) is 0. The van der Waals surface area contributed by atoms with Gasteiger partial charge >= 0.3 is 0 Å². The Bertz CT molecular complexity index is 602. The van der Waals surface area contributed by atoms with Crippen LogP contribution >= 0.6 is 0 Å². The van der Waals surface area contributed by atoms with E-state index in [0.29, 0.717) is 6.61 Å². The highest BCUT2D eigenvalue weighted by atomic mass is 16.6. The van der Waals surface area contributed by atoms with Crippen LogP contribution in [0.3, 0.4) is 0 Å². The molecule has 1 heterocycles. The molecule has 3 rings (SSSR count). The van der Waals surface area contributed by atoms with Gasteiger partial charge in [-0.05, 0) is 23.6 Å². The molecule has 0 aromatic heterocycles. The van der Waals surface area contributed by atoms with Gasteiger partial charge in [-0.15, -0.1) is 0 Å². The first kappa shape index (κ1) is 14.1. The van der Waals surface area contributed by atoms with Crippen LogP contribution in [0, 0.1) is 0 Å². The molecule has 1 aliphatic heterocycles. The largest absolute Gasteiger partial charge is 0.371 e. The van der Waals surface area contributed by atoms with Crippen molar-refractivity contribution in [1.29, 1.82) is 0 Å². The third-order valence-corrected chi connectivity index (χ3v) is 3.98. The Morgan fingerprint density at radius 2 is 1.71 bits per heavy atom. The van der Waals surface area contributed by atoms with Crippen LogP contribution in [0.1, 0.15) is 18.1 Å². The van der Waals surface area contributed by atoms with Gasteiger partial charge < -0.3 is 9.47 Å². The zero-order chi connectivity index (χ0) is 14.7. The predicted octanol–water partition coefficient (Wildman–Crippen LogP) is 4.03. The Morgan fingerprint density at radius 3 is 2.29 bits per heavy atom. The number of epoxide rings is 1. The molecule has 2 heteroatoms. The van der Waals surface area contributed by atoms with Crippen LogP contribution in [0.4, 0.5) is 0 Å². The Kier molecular flexibility index (Phi) is 3.91. The number of hydrogen-bond acceptors (Lipinski definition) is 2. The molecular formula is C19H20O2. The normalized spacial score (nSPS) is 19.8. The van der Waals surface area contributed by atoms with E-state index < -0.39 is 5.60 Å². The zero-order valence-corrected chi connectivity index (χ0v) is 12.3. The number of ether oxygens (including phenoxy) is 2. The van der Waals surface area contributed by atoms with Crippen LogP contribution in [-0.2, 0) is 15.1 Å². The van der Waals surface area contributed by atoms with Gasteiger partial charge in [0.1, 0.15) is 11.7 Å². The minimum atomic E-state index is -0.547. The summed E-state index contributed by atoms with van der Waals surface area (Å²) in [6, 6.07) is 20.4. The summed E-state index contributed by atoms with van der Waals surface area (Å²) >= 11 is 0. The van der Waals surface area contributed by atoms with Gasteiger partial charge in [-0.2, -0.15) is 0 Å². The fourth-order valence-corrected chi connectivity index (χ4v) is 2.44. The molecule has 2 atom stereocenters. The second-order valence-electron chi connectivity index (χ2n) is 5.51. The molecule has 0 aliphatic carbocycles. The molecule has 1 aliphatic rings. The molecule has 1 saturated heterocycles. The van der Waals surface area contributed by atoms with Gasteiger partial charge in [0.2, 0.25) is 0 Å². The molecule has 108 valence electrons. The lowest BCUT2D eigenvalue weighted by molar-refractivity contribution is 0.00196. The minimum absolute atomic E-state index is 0.233. The molecule has 0 amide bonds. The van der Waals surface area contributed by atoms with Crippen molar-refractivity contribution in [3.63, 3.8) is 0 Å². The molecule has 2 aromatic rings. The molecular weight excluding hydrogens is 260 g/mol. The van der Waals surface area contributed by atoms with E-state index in [1.54, 1.807) is 0 Å². The molecule has 0 radical (unpaired) electrons. The highest BCUT2D eigenvalue weighted by molar-refractivity contribution is 5.71. The smallest absolute Gasteiger partial charge is 0.115 e. The third kappa shape index (κ3) is 3.07. The van der Waals surface area contributed by atoms with E-state index in [0.717, 1.165) is 23.3 Å². The van der Waals surface area contributed by atoms with Crippen LogP contribution in [0.15, 0.2) is 67.2 Å². The molecule has 0 spiro atoms. The van der Waals surface area contributed by atoms with E-state index in [1.165, 1.54) is 0 Å². The van der Waals surface area contributed by atoms with E-state index in [1.807, 2.05) is 36.4 Å². The number of hydrogen-bond donors (Lipinski definition) is 0. The zero-order valence-electron chi connectivity index (χ0n) is 12.3. The summed E-state index contributed by atoms with van der Waals surface area (Å²) in [5.41, 5.74) is 2.63. The molecule has 0 bridgehead atoms. The lowest BCUT2D eigenvalue weighted by atomic mass is 9.84. The van der Waals surface area contributed by atoms with Crippen molar-refractivity contribution in [2.75, 3.05) is 13.2 Å². The van der Waals surface area contributed by atoms with Gasteiger partial charge in [-0.25, -0.2) is 0 Å². The summed E-state index contributed by atoms with van der Waals surface area (Å²) in [6.45, 7) is 7.78. The van der Waals surface area contributed by atoms with Crippen LogP contribution in [-0.4, -0.2) is 19.3 Å². The summed E-state index contributed by atoms with van der Waals surface area (Å²) < 4.78 is 11.5. The maximum atomic E-state index is 6.23. The van der Waals surface area contributed by atoms with Crippen molar-refractivity contribution in [3.05, 3.63) is 78.4 Å². The van der Waals surface area contributed by atoms with E-state index in [9.17, 15) is 0 Å². The number of rotatable bonds is 6. The topological polar surface area (TPSA) is 21.8 Å². The average Bonchev–Trinajstić information content (AvgIpc) is 3.38. The third-order valence-electron chi connectivity index (χ3n) is 3.98. The lowest BCUT2D eigenvalue weighted by Crippen LogP contribution is -2.29. The predicted molar refractivity (Wildman–Crippen MR) is 85.0 cm³/mol. The summed E-state index contributed by atoms with van der Waals surface area (Å²) in [6.07, 6.45) is 0.233. The van der Waals surface area contributed by atoms with Gasteiger partial charge in [-0.3, -0.25) is 0 Å². The van der Waals surface area contributed by atoms with Crippen molar-refractivity contribution in [2.24, 2.45) is 0 Å². The fraction of sp³-hybridized carbons (Fsp3) is 0.263. The summed E-state index contributed by atoms with van der Waals surface area (Å²) in [7, 11) is 0. The molecule has 21 heavy (non-hydrogen) atoms. The molecule has 2 unspecified atom stereocenters. The van der Waals surface area contributed by atoms with Crippen molar-refractivity contribution >= 4 is 5.57 Å². The highest BCUT2D eigenvalue weighted by Gasteiger charge is 2.34. The van der Waals surface area contributed by atoms with Crippen LogP contribution in [0.2, 0.25) is 0 Å². The second-order valence-corrected chi connectivity index (χ2v) is 5.51. The Hall–Kier alpha value is -1.90. The second kappa shape index (κ2) is 5.84. The van der Waals surface area contributed by atoms with Crippen LogP contribution in [0.5, 0.6) is 0 Å². The van der Waals surface area contributed by atoms with E-state index in [-0.39, 0.29) is 6.10 Å². The maximum Gasteiger partial charge on any atom is 0.115 e. The van der Waals surface area contributed by atoms with Gasteiger partial charge in [0, 0.05) is 0 Å². The molecule has 2 nitrogen and oxygen atoms in total. The minimum Gasteiger partial charge on any atom is -0.371 e. The quantitative estimate of drug-likeness (QED) is 0.745. The molecule has 0 N–H and O–H groups in total. The lowest BCUT2D eigenvalue weighted by Gasteiger charge is -2.33. The Morgan fingerprint density at radius 1 is 1.14 bits per heavy atom. The van der Waals surface area contributed by atoms with Crippen LogP contribution < -0.4 is 0 Å². The van der Waals surface area contributed by atoms with Gasteiger partial charge in [0.15, 0.2) is 0 Å². The Labute approximate surface area is 126 Å². The SMILES string of the molecule is C=C(c1ccccc1)C(C)(OCC1CO1)c1ccccc1. The first-order chi connectivity index (χ1) is 10.2. The van der Waals surface area contributed by atoms with E-state index in [2.05, 4.69) is 37.8 Å². The van der Waals surface area contributed by atoms with Crippen molar-refractivity contribution in [2.45, 2.75) is 18.6 Å². The fourth-order valence-electron chi connectivity index (χ4n) is 2.44. The van der Waals surface area contributed by atoms with Crippen molar-refractivity contribution < 1.29 is 9.47 Å². The van der Waals surface area contributed by atoms with E-state index >= 15 is 0 Å². The first-order valence-corrected chi connectivity index (χ1v) is 7.26.